The Labute approximate surface area is 134 Å². The van der Waals surface area contributed by atoms with E-state index < -0.39 is 0 Å². The number of nitrogens with two attached hydrogens (primary N) is 1. The average Bonchev–Trinajstić information content (AvgIpc) is 2.55. The molecule has 0 amide bonds. The lowest BCUT2D eigenvalue weighted by atomic mass is 10.0. The van der Waals surface area contributed by atoms with E-state index in [0.717, 1.165) is 11.3 Å². The molecule has 0 aromatic heterocycles. The van der Waals surface area contributed by atoms with E-state index in [2.05, 4.69) is 29.3 Å². The molecule has 108 valence electrons. The summed E-state index contributed by atoms with van der Waals surface area (Å²) in [6.07, 6.45) is 3.80. The summed E-state index contributed by atoms with van der Waals surface area (Å²) in [7, 11) is 0. The van der Waals surface area contributed by atoms with Crippen molar-refractivity contribution < 1.29 is 0 Å². The fraction of sp³-hybridized carbons (Fsp3) is 0. The topological polar surface area (TPSA) is 38.4 Å². The molecule has 0 heterocycles. The molecule has 2 nitrogen and oxygen atoms in total. The number of fused-ring (bicyclic) bond motifs is 1. The van der Waals surface area contributed by atoms with Crippen LogP contribution in [0.3, 0.4) is 0 Å². The summed E-state index contributed by atoms with van der Waals surface area (Å²) in [6, 6.07) is 21.7. The van der Waals surface area contributed by atoms with E-state index >= 15 is 0 Å². The van der Waals surface area contributed by atoms with Crippen molar-refractivity contribution in [2.45, 2.75) is 0 Å². The van der Waals surface area contributed by atoms with Crippen LogP contribution >= 0.6 is 11.6 Å². The van der Waals surface area contributed by atoms with Crippen molar-refractivity contribution >= 4 is 40.0 Å². The first kappa shape index (κ1) is 14.4. The minimum atomic E-state index is 0.454. The Morgan fingerprint density at radius 2 is 1.64 bits per heavy atom. The molecule has 0 saturated heterocycles. The molecule has 3 rings (SSSR count). The van der Waals surface area contributed by atoms with Crippen LogP contribution in [0.15, 0.2) is 77.8 Å². The Morgan fingerprint density at radius 3 is 2.45 bits per heavy atom. The Kier molecular flexibility index (Phi) is 4.22. The van der Waals surface area contributed by atoms with Crippen molar-refractivity contribution in [2.24, 2.45) is 10.7 Å². The van der Waals surface area contributed by atoms with Crippen molar-refractivity contribution in [1.29, 1.82) is 0 Å². The lowest BCUT2D eigenvalue weighted by Gasteiger charge is -2.01. The van der Waals surface area contributed by atoms with Crippen molar-refractivity contribution in [3.8, 4) is 0 Å². The van der Waals surface area contributed by atoms with Crippen molar-refractivity contribution in [3.63, 3.8) is 0 Å². The lowest BCUT2D eigenvalue weighted by Crippen LogP contribution is -2.06. The van der Waals surface area contributed by atoms with Crippen molar-refractivity contribution in [1.82, 2.24) is 0 Å². The molecule has 0 aliphatic rings. The highest BCUT2D eigenvalue weighted by atomic mass is 35.5. The van der Waals surface area contributed by atoms with Crippen LogP contribution in [0, 0.1) is 0 Å². The first-order chi connectivity index (χ1) is 10.7. The van der Waals surface area contributed by atoms with Gasteiger partial charge >= 0.3 is 0 Å². The molecule has 0 aliphatic carbocycles. The predicted molar refractivity (Wildman–Crippen MR) is 95.7 cm³/mol. The fourth-order valence-electron chi connectivity index (χ4n) is 2.27. The van der Waals surface area contributed by atoms with E-state index in [4.69, 9.17) is 17.3 Å². The molecule has 0 aliphatic heterocycles. The molecule has 3 aromatic carbocycles. The van der Waals surface area contributed by atoms with Gasteiger partial charge in [-0.1, -0.05) is 60.1 Å². The molecule has 3 aromatic rings. The van der Waals surface area contributed by atoms with Gasteiger partial charge in [0.2, 0.25) is 0 Å². The molecule has 0 spiro atoms. The molecule has 0 radical (unpaired) electrons. The third-order valence-corrected chi connectivity index (χ3v) is 3.59. The van der Waals surface area contributed by atoms with Crippen LogP contribution in [0.4, 0.5) is 5.69 Å². The second-order valence-corrected chi connectivity index (χ2v) is 5.35. The SMILES string of the molecule is NC(C=Cc1cccc2ccccc12)=Nc1ccc(Cl)cc1. The molecular weight excluding hydrogens is 292 g/mol. The Morgan fingerprint density at radius 1 is 0.909 bits per heavy atom. The highest BCUT2D eigenvalue weighted by Crippen LogP contribution is 2.20. The maximum Gasteiger partial charge on any atom is 0.124 e. The van der Waals surface area contributed by atoms with Gasteiger partial charge in [0.15, 0.2) is 0 Å². The Hall–Kier alpha value is -2.58. The van der Waals surface area contributed by atoms with Crippen LogP contribution in [0.5, 0.6) is 0 Å². The van der Waals surface area contributed by atoms with Crippen molar-refractivity contribution in [3.05, 3.63) is 83.4 Å². The number of hydrogen-bond donors (Lipinski definition) is 1. The summed E-state index contributed by atoms with van der Waals surface area (Å²) >= 11 is 5.85. The highest BCUT2D eigenvalue weighted by Gasteiger charge is 1.97. The minimum absolute atomic E-state index is 0.454. The van der Waals surface area contributed by atoms with Crippen LogP contribution < -0.4 is 5.73 Å². The van der Waals surface area contributed by atoms with Crippen LogP contribution in [-0.2, 0) is 0 Å². The zero-order chi connectivity index (χ0) is 15.4. The number of nitrogens with zero attached hydrogens (tertiary/aromatic N) is 1. The Bertz CT molecular complexity index is 843. The molecule has 3 heteroatoms. The van der Waals surface area contributed by atoms with Gasteiger partial charge in [-0.25, -0.2) is 4.99 Å². The monoisotopic (exact) mass is 306 g/mol. The van der Waals surface area contributed by atoms with Gasteiger partial charge in [-0.15, -0.1) is 0 Å². The maximum atomic E-state index is 5.97. The first-order valence-electron chi connectivity index (χ1n) is 6.98. The maximum absolute atomic E-state index is 5.97. The summed E-state index contributed by atoms with van der Waals surface area (Å²) in [5.74, 6) is 0.454. The van der Waals surface area contributed by atoms with Gasteiger partial charge in [-0.05, 0) is 46.7 Å². The second-order valence-electron chi connectivity index (χ2n) is 4.91. The van der Waals surface area contributed by atoms with Gasteiger partial charge in [-0.2, -0.15) is 0 Å². The molecule has 2 N–H and O–H groups in total. The second kappa shape index (κ2) is 6.46. The van der Waals surface area contributed by atoms with Gasteiger partial charge in [0.25, 0.3) is 0 Å². The molecule has 0 unspecified atom stereocenters. The van der Waals surface area contributed by atoms with Crippen LogP contribution in [0.25, 0.3) is 16.8 Å². The van der Waals surface area contributed by atoms with Gasteiger partial charge in [0.1, 0.15) is 5.84 Å². The third kappa shape index (κ3) is 3.35. The zero-order valence-corrected chi connectivity index (χ0v) is 12.7. The molecule has 0 saturated carbocycles. The van der Waals surface area contributed by atoms with Gasteiger partial charge in [0, 0.05) is 5.02 Å². The van der Waals surface area contributed by atoms with Gasteiger partial charge in [0.05, 0.1) is 5.69 Å². The van der Waals surface area contributed by atoms with E-state index in [1.165, 1.54) is 10.8 Å². The fourth-order valence-corrected chi connectivity index (χ4v) is 2.40. The van der Waals surface area contributed by atoms with Crippen LogP contribution in [-0.4, -0.2) is 5.84 Å². The van der Waals surface area contributed by atoms with E-state index in [9.17, 15) is 0 Å². The quantitative estimate of drug-likeness (QED) is 0.524. The van der Waals surface area contributed by atoms with E-state index in [1.54, 1.807) is 12.1 Å². The largest absolute Gasteiger partial charge is 0.384 e. The zero-order valence-electron chi connectivity index (χ0n) is 11.9. The average molecular weight is 307 g/mol. The van der Waals surface area contributed by atoms with Crippen LogP contribution in [0.1, 0.15) is 5.56 Å². The summed E-state index contributed by atoms with van der Waals surface area (Å²) in [5.41, 5.74) is 7.87. The number of rotatable bonds is 3. The summed E-state index contributed by atoms with van der Waals surface area (Å²) < 4.78 is 0. The third-order valence-electron chi connectivity index (χ3n) is 3.34. The molecule has 0 atom stereocenters. The first-order valence-corrected chi connectivity index (χ1v) is 7.36. The smallest absolute Gasteiger partial charge is 0.124 e. The van der Waals surface area contributed by atoms with Crippen molar-refractivity contribution in [2.75, 3.05) is 0 Å². The molecule has 22 heavy (non-hydrogen) atoms. The molecular formula is C19H15ClN2. The number of halogens is 1. The Balaban J connectivity index is 1.87. The summed E-state index contributed by atoms with van der Waals surface area (Å²) in [6.45, 7) is 0. The van der Waals surface area contributed by atoms with Crippen LogP contribution in [0.2, 0.25) is 5.02 Å². The number of benzene rings is 3. The lowest BCUT2D eigenvalue weighted by molar-refractivity contribution is 1.48. The number of aliphatic imine (C=N–C) groups is 1. The van der Waals surface area contributed by atoms with E-state index in [1.807, 2.05) is 42.5 Å². The normalized spacial score (nSPS) is 12.1. The summed E-state index contributed by atoms with van der Waals surface area (Å²) in [5, 5.41) is 3.09. The predicted octanol–water partition coefficient (Wildman–Crippen LogP) is 5.20. The van der Waals surface area contributed by atoms with E-state index in [0.29, 0.717) is 10.9 Å². The van der Waals surface area contributed by atoms with Gasteiger partial charge < -0.3 is 5.73 Å². The number of hydrogen-bond acceptors (Lipinski definition) is 1. The standard InChI is InChI=1S/C19H15ClN2/c20-16-9-11-17(12-10-16)22-19(21)13-8-15-6-3-5-14-4-1-2-7-18(14)15/h1-13H,(H2,21,22). The molecule has 0 bridgehead atoms. The minimum Gasteiger partial charge on any atom is -0.384 e. The summed E-state index contributed by atoms with van der Waals surface area (Å²) in [4.78, 5) is 4.34. The molecule has 0 fully saturated rings. The highest BCUT2D eigenvalue weighted by molar-refractivity contribution is 6.30. The van der Waals surface area contributed by atoms with E-state index in [-0.39, 0.29) is 0 Å². The number of amidine groups is 1. The van der Waals surface area contributed by atoms with Gasteiger partial charge in [-0.3, -0.25) is 0 Å².